The van der Waals surface area contributed by atoms with Gasteiger partial charge in [0.2, 0.25) is 5.91 Å². The van der Waals surface area contributed by atoms with Crippen molar-refractivity contribution in [3.05, 3.63) is 107 Å². The molecule has 0 spiro atoms. The number of para-hydroxylation sites is 3. The van der Waals surface area contributed by atoms with Gasteiger partial charge in [0, 0.05) is 13.0 Å². The van der Waals surface area contributed by atoms with Crippen molar-refractivity contribution < 1.29 is 4.79 Å². The average Bonchev–Trinajstić information content (AvgIpc) is 3.30. The van der Waals surface area contributed by atoms with Crippen LogP contribution in [-0.4, -0.2) is 25.4 Å². The molecule has 5 rings (SSSR count). The number of carbonyl (C=O) groups is 1. The number of aryl methyl sites for hydroxylation is 1. The van der Waals surface area contributed by atoms with Gasteiger partial charge in [-0.3, -0.25) is 14.2 Å². The molecule has 7 nitrogen and oxygen atoms in total. The summed E-state index contributed by atoms with van der Waals surface area (Å²) in [4.78, 5) is 37.9. The highest BCUT2D eigenvalue weighted by atomic mass is 16.1. The fourth-order valence-corrected chi connectivity index (χ4v) is 4.15. The van der Waals surface area contributed by atoms with Gasteiger partial charge in [-0.05, 0) is 42.7 Å². The molecular weight excluding hydrogens is 426 g/mol. The second-order valence-corrected chi connectivity index (χ2v) is 8.31. The van der Waals surface area contributed by atoms with Crippen LogP contribution < -0.4 is 10.9 Å². The maximum Gasteiger partial charge on any atom is 0.261 e. The number of aromatic amines is 1. The number of H-pyrrole nitrogens is 1. The molecule has 1 amide bonds. The van der Waals surface area contributed by atoms with Gasteiger partial charge in [0.25, 0.3) is 5.56 Å². The van der Waals surface area contributed by atoms with E-state index in [-0.39, 0.29) is 17.5 Å². The number of imidazole rings is 1. The number of fused-ring (bicyclic) bond motifs is 2. The highest BCUT2D eigenvalue weighted by molar-refractivity contribution is 5.78. The average molecular weight is 452 g/mol. The van der Waals surface area contributed by atoms with Crippen molar-refractivity contribution in [3.8, 4) is 0 Å². The summed E-state index contributed by atoms with van der Waals surface area (Å²) in [5.41, 5.74) is 3.51. The Labute approximate surface area is 196 Å². The number of benzene rings is 3. The van der Waals surface area contributed by atoms with Crippen LogP contribution in [0.15, 0.2) is 90.0 Å². The topological polar surface area (TPSA) is 92.7 Å². The lowest BCUT2D eigenvalue weighted by Crippen LogP contribution is -2.31. The van der Waals surface area contributed by atoms with Gasteiger partial charge in [0.05, 0.1) is 34.3 Å². The van der Waals surface area contributed by atoms with Crippen LogP contribution in [-0.2, 0) is 17.8 Å². The molecule has 2 N–H and O–H groups in total. The fraction of sp³-hybridized carbons (Fsp3) is 0.185. The first-order chi connectivity index (χ1) is 16.7. The molecule has 5 aromatic rings. The molecule has 0 radical (unpaired) electrons. The Morgan fingerprint density at radius 3 is 2.50 bits per heavy atom. The maximum absolute atomic E-state index is 12.9. The van der Waals surface area contributed by atoms with E-state index in [1.54, 1.807) is 17.0 Å². The molecule has 7 heteroatoms. The number of hydrogen-bond donors (Lipinski definition) is 2. The van der Waals surface area contributed by atoms with Crippen LogP contribution in [0, 0.1) is 0 Å². The molecule has 0 fully saturated rings. The summed E-state index contributed by atoms with van der Waals surface area (Å²) in [6.45, 7) is 0.429. The Morgan fingerprint density at radius 1 is 0.941 bits per heavy atom. The summed E-state index contributed by atoms with van der Waals surface area (Å²) in [5, 5.41) is 3.72. The monoisotopic (exact) mass is 451 g/mol. The van der Waals surface area contributed by atoms with E-state index in [1.807, 2.05) is 72.8 Å². The molecule has 0 saturated carbocycles. The van der Waals surface area contributed by atoms with E-state index in [0.717, 1.165) is 22.4 Å². The van der Waals surface area contributed by atoms with Crippen LogP contribution in [0.2, 0.25) is 0 Å². The number of nitrogens with zero attached hydrogens (tertiary/aromatic N) is 3. The minimum absolute atomic E-state index is 0.0804. The van der Waals surface area contributed by atoms with Crippen molar-refractivity contribution in [1.29, 1.82) is 0 Å². The van der Waals surface area contributed by atoms with Crippen LogP contribution in [0.25, 0.3) is 21.9 Å². The molecule has 2 aromatic heterocycles. The number of carbonyl (C=O) groups excluding carboxylic acids is 1. The summed E-state index contributed by atoms with van der Waals surface area (Å²) in [7, 11) is 0. The van der Waals surface area contributed by atoms with E-state index in [0.29, 0.717) is 36.7 Å². The minimum atomic E-state index is -0.285. The molecule has 1 atom stereocenters. The van der Waals surface area contributed by atoms with Gasteiger partial charge in [-0.2, -0.15) is 0 Å². The summed E-state index contributed by atoms with van der Waals surface area (Å²) in [6, 6.07) is 24.9. The van der Waals surface area contributed by atoms with Gasteiger partial charge in [0.1, 0.15) is 5.82 Å². The van der Waals surface area contributed by atoms with Crippen molar-refractivity contribution in [3.63, 3.8) is 0 Å². The Hall–Kier alpha value is -4.26. The van der Waals surface area contributed by atoms with Gasteiger partial charge in [-0.25, -0.2) is 9.97 Å². The predicted molar refractivity (Wildman–Crippen MR) is 132 cm³/mol. The lowest BCUT2D eigenvalue weighted by molar-refractivity contribution is -0.122. The Morgan fingerprint density at radius 2 is 1.68 bits per heavy atom. The summed E-state index contributed by atoms with van der Waals surface area (Å²) in [6.07, 6.45) is 3.00. The minimum Gasteiger partial charge on any atom is -0.346 e. The third kappa shape index (κ3) is 4.73. The second-order valence-electron chi connectivity index (χ2n) is 8.31. The molecule has 2 heterocycles. The zero-order valence-corrected chi connectivity index (χ0v) is 18.6. The number of rotatable bonds is 8. The van der Waals surface area contributed by atoms with E-state index in [1.165, 1.54) is 0 Å². The Balaban J connectivity index is 1.28. The number of hydrogen-bond acceptors (Lipinski definition) is 4. The van der Waals surface area contributed by atoms with Crippen LogP contribution in [0.5, 0.6) is 0 Å². The lowest BCUT2D eigenvalue weighted by Gasteiger charge is -2.17. The smallest absolute Gasteiger partial charge is 0.261 e. The summed E-state index contributed by atoms with van der Waals surface area (Å²) < 4.78 is 1.57. The predicted octanol–water partition coefficient (Wildman–Crippen LogP) is 4.15. The quantitative estimate of drug-likeness (QED) is 0.371. The zero-order valence-electron chi connectivity index (χ0n) is 18.6. The first-order valence-electron chi connectivity index (χ1n) is 11.4. The fourth-order valence-electron chi connectivity index (χ4n) is 4.15. The largest absolute Gasteiger partial charge is 0.346 e. The van der Waals surface area contributed by atoms with E-state index >= 15 is 0 Å². The van der Waals surface area contributed by atoms with Gasteiger partial charge >= 0.3 is 0 Å². The summed E-state index contributed by atoms with van der Waals surface area (Å²) >= 11 is 0. The number of aromatic nitrogens is 4. The SMILES string of the molecule is O=C(CCCn1cnc2ccccc2c1=O)N[C@H](Cc1ccccc1)c1nc2ccccc2[nH]1. The highest BCUT2D eigenvalue weighted by Gasteiger charge is 2.19. The van der Waals surface area contributed by atoms with Gasteiger partial charge in [0.15, 0.2) is 0 Å². The number of nitrogens with one attached hydrogen (secondary N) is 2. The molecule has 0 unspecified atom stereocenters. The van der Waals surface area contributed by atoms with Crippen molar-refractivity contribution in [2.24, 2.45) is 0 Å². The molecule has 0 aliphatic rings. The first kappa shape index (κ1) is 21.6. The van der Waals surface area contributed by atoms with Crippen molar-refractivity contribution in [2.45, 2.75) is 31.8 Å². The third-order valence-electron chi connectivity index (χ3n) is 5.89. The van der Waals surface area contributed by atoms with Gasteiger partial charge < -0.3 is 10.3 Å². The zero-order chi connectivity index (χ0) is 23.3. The summed E-state index contributed by atoms with van der Waals surface area (Å²) in [5.74, 6) is 0.650. The van der Waals surface area contributed by atoms with Crippen LogP contribution in [0.4, 0.5) is 0 Å². The molecule has 0 saturated heterocycles. The second kappa shape index (κ2) is 9.70. The highest BCUT2D eigenvalue weighted by Crippen LogP contribution is 2.20. The van der Waals surface area contributed by atoms with E-state index in [4.69, 9.17) is 4.98 Å². The normalized spacial score (nSPS) is 12.1. The Bertz CT molecular complexity index is 1460. The van der Waals surface area contributed by atoms with Crippen molar-refractivity contribution in [1.82, 2.24) is 24.8 Å². The van der Waals surface area contributed by atoms with Gasteiger partial charge in [-0.1, -0.05) is 54.6 Å². The van der Waals surface area contributed by atoms with E-state index in [2.05, 4.69) is 15.3 Å². The molecule has 34 heavy (non-hydrogen) atoms. The lowest BCUT2D eigenvalue weighted by atomic mass is 10.1. The molecule has 0 aliphatic heterocycles. The van der Waals surface area contributed by atoms with Crippen LogP contribution in [0.1, 0.15) is 30.3 Å². The van der Waals surface area contributed by atoms with Crippen LogP contribution >= 0.6 is 0 Å². The molecule has 0 aliphatic carbocycles. The van der Waals surface area contributed by atoms with Crippen molar-refractivity contribution in [2.75, 3.05) is 0 Å². The van der Waals surface area contributed by atoms with Crippen molar-refractivity contribution >= 4 is 27.8 Å². The van der Waals surface area contributed by atoms with Gasteiger partial charge in [-0.15, -0.1) is 0 Å². The standard InChI is InChI=1S/C27H25N5O2/c33-25(15-8-16-32-18-28-21-12-5-4-11-20(21)27(32)34)29-24(17-19-9-2-1-3-10-19)26-30-22-13-6-7-14-23(22)31-26/h1-7,9-14,18,24H,8,15-17H2,(H,29,33)(H,30,31)/t24-/m1/s1. The molecule has 170 valence electrons. The third-order valence-corrected chi connectivity index (χ3v) is 5.89. The Kier molecular flexibility index (Phi) is 6.16. The van der Waals surface area contributed by atoms with Crippen LogP contribution in [0.3, 0.4) is 0 Å². The molecule has 3 aromatic carbocycles. The molecule has 0 bridgehead atoms. The number of amides is 1. The molecular formula is C27H25N5O2. The maximum atomic E-state index is 12.9. The van der Waals surface area contributed by atoms with E-state index in [9.17, 15) is 9.59 Å². The van der Waals surface area contributed by atoms with E-state index < -0.39 is 0 Å². The first-order valence-corrected chi connectivity index (χ1v) is 11.4.